The van der Waals surface area contributed by atoms with Crippen LogP contribution >= 0.6 is 0 Å². The zero-order valence-corrected chi connectivity index (χ0v) is 9.70. The molecule has 0 aromatic rings. The Labute approximate surface area is 93.2 Å². The maximum atomic E-state index is 6.15. The first-order valence-electron chi connectivity index (χ1n) is 6.81. The Kier molecular flexibility index (Phi) is 2.73. The van der Waals surface area contributed by atoms with E-state index in [9.17, 15) is 0 Å². The van der Waals surface area contributed by atoms with E-state index < -0.39 is 0 Å². The Morgan fingerprint density at radius 3 is 2.33 bits per heavy atom. The molecule has 2 saturated carbocycles. The van der Waals surface area contributed by atoms with Gasteiger partial charge in [0.05, 0.1) is 0 Å². The van der Waals surface area contributed by atoms with Crippen molar-refractivity contribution in [3.05, 3.63) is 0 Å². The summed E-state index contributed by atoms with van der Waals surface area (Å²) in [5.74, 6) is 2.97. The summed E-state index contributed by atoms with van der Waals surface area (Å²) >= 11 is 0. The van der Waals surface area contributed by atoms with Crippen LogP contribution in [0.5, 0.6) is 0 Å². The maximum Gasteiger partial charge on any atom is 0.00793 e. The molecule has 3 unspecified atom stereocenters. The van der Waals surface area contributed by atoms with E-state index in [0.29, 0.717) is 6.04 Å². The monoisotopic (exact) mass is 208 g/mol. The quantitative estimate of drug-likeness (QED) is 0.764. The van der Waals surface area contributed by atoms with Crippen molar-refractivity contribution in [3.8, 4) is 0 Å². The summed E-state index contributed by atoms with van der Waals surface area (Å²) in [6.45, 7) is 4.02. The Hall–Kier alpha value is -0.0800. The van der Waals surface area contributed by atoms with Crippen LogP contribution in [0.25, 0.3) is 0 Å². The van der Waals surface area contributed by atoms with Crippen molar-refractivity contribution in [1.82, 2.24) is 4.90 Å². The molecule has 0 radical (unpaired) electrons. The van der Waals surface area contributed by atoms with E-state index in [0.717, 1.165) is 17.8 Å². The molecule has 2 heteroatoms. The Morgan fingerprint density at radius 1 is 1.07 bits per heavy atom. The Balaban J connectivity index is 1.41. The van der Waals surface area contributed by atoms with E-state index in [1.54, 1.807) is 0 Å². The van der Waals surface area contributed by atoms with Gasteiger partial charge in [0.15, 0.2) is 0 Å². The molecular weight excluding hydrogens is 184 g/mol. The molecule has 1 aliphatic heterocycles. The fraction of sp³-hybridized carbons (Fsp3) is 1.00. The molecule has 0 aromatic carbocycles. The van der Waals surface area contributed by atoms with Crippen molar-refractivity contribution in [2.24, 2.45) is 23.5 Å². The van der Waals surface area contributed by atoms with Crippen LogP contribution in [-0.2, 0) is 0 Å². The highest BCUT2D eigenvalue weighted by Crippen LogP contribution is 2.38. The molecule has 2 N–H and O–H groups in total. The molecule has 0 amide bonds. The number of likely N-dealkylation sites (tertiary alicyclic amines) is 1. The summed E-state index contributed by atoms with van der Waals surface area (Å²) in [5, 5.41) is 0. The fourth-order valence-corrected chi connectivity index (χ4v) is 3.61. The Bertz CT molecular complexity index is 213. The van der Waals surface area contributed by atoms with Crippen molar-refractivity contribution >= 4 is 0 Å². The standard InChI is InChI=1S/C13H24N2/c14-13(10-4-5-10)6-7-15-8-11-2-1-3-12(11)9-15/h10-13H,1-9,14H2. The zero-order valence-electron chi connectivity index (χ0n) is 9.70. The minimum atomic E-state index is 0.505. The summed E-state index contributed by atoms with van der Waals surface area (Å²) in [6, 6.07) is 0.505. The molecular formula is C13H24N2. The van der Waals surface area contributed by atoms with Gasteiger partial charge in [-0.2, -0.15) is 0 Å². The van der Waals surface area contributed by atoms with Crippen molar-refractivity contribution in [3.63, 3.8) is 0 Å². The number of nitrogens with two attached hydrogens (primary N) is 1. The molecule has 3 aliphatic rings. The zero-order chi connectivity index (χ0) is 10.3. The molecule has 3 fully saturated rings. The average Bonchev–Trinajstić information content (AvgIpc) is 2.86. The van der Waals surface area contributed by atoms with Crippen molar-refractivity contribution in [2.75, 3.05) is 19.6 Å². The van der Waals surface area contributed by atoms with Gasteiger partial charge in [-0.05, 0) is 56.4 Å². The van der Waals surface area contributed by atoms with Crippen molar-refractivity contribution < 1.29 is 0 Å². The van der Waals surface area contributed by atoms with Gasteiger partial charge in [0.1, 0.15) is 0 Å². The smallest absolute Gasteiger partial charge is 0.00793 e. The van der Waals surface area contributed by atoms with Crippen LogP contribution in [0.15, 0.2) is 0 Å². The molecule has 86 valence electrons. The SMILES string of the molecule is NC(CCN1CC2CCCC2C1)C1CC1. The average molecular weight is 208 g/mol. The third kappa shape index (κ3) is 2.21. The highest BCUT2D eigenvalue weighted by atomic mass is 15.2. The number of nitrogens with zero attached hydrogens (tertiary/aromatic N) is 1. The predicted molar refractivity (Wildman–Crippen MR) is 62.6 cm³/mol. The second kappa shape index (κ2) is 4.06. The molecule has 0 spiro atoms. The molecule has 0 bridgehead atoms. The van der Waals surface area contributed by atoms with Gasteiger partial charge in [-0.25, -0.2) is 0 Å². The van der Waals surface area contributed by atoms with Crippen LogP contribution in [0.3, 0.4) is 0 Å². The largest absolute Gasteiger partial charge is 0.327 e. The lowest BCUT2D eigenvalue weighted by molar-refractivity contribution is 0.292. The first-order valence-corrected chi connectivity index (χ1v) is 6.81. The van der Waals surface area contributed by atoms with Gasteiger partial charge >= 0.3 is 0 Å². The van der Waals surface area contributed by atoms with Crippen LogP contribution < -0.4 is 5.73 Å². The predicted octanol–water partition coefficient (Wildman–Crippen LogP) is 1.85. The first-order chi connectivity index (χ1) is 7.33. The number of hydrogen-bond acceptors (Lipinski definition) is 2. The third-order valence-electron chi connectivity index (χ3n) is 4.81. The van der Waals surface area contributed by atoms with Crippen LogP contribution in [0, 0.1) is 17.8 Å². The topological polar surface area (TPSA) is 29.3 Å². The second-order valence-electron chi connectivity index (χ2n) is 6.00. The summed E-state index contributed by atoms with van der Waals surface area (Å²) in [5.41, 5.74) is 6.15. The minimum absolute atomic E-state index is 0.505. The lowest BCUT2D eigenvalue weighted by Crippen LogP contribution is -2.31. The van der Waals surface area contributed by atoms with E-state index in [2.05, 4.69) is 4.90 Å². The van der Waals surface area contributed by atoms with Gasteiger partial charge in [-0.3, -0.25) is 0 Å². The van der Waals surface area contributed by atoms with Gasteiger partial charge in [0, 0.05) is 19.1 Å². The van der Waals surface area contributed by atoms with E-state index in [1.165, 1.54) is 58.2 Å². The summed E-state index contributed by atoms with van der Waals surface area (Å²) < 4.78 is 0. The summed E-state index contributed by atoms with van der Waals surface area (Å²) in [6.07, 6.45) is 8.51. The van der Waals surface area contributed by atoms with Gasteiger partial charge in [0.2, 0.25) is 0 Å². The van der Waals surface area contributed by atoms with Gasteiger partial charge in [-0.15, -0.1) is 0 Å². The highest BCUT2D eigenvalue weighted by molar-refractivity contribution is 4.90. The van der Waals surface area contributed by atoms with Gasteiger partial charge in [-0.1, -0.05) is 6.42 Å². The van der Waals surface area contributed by atoms with Crippen LogP contribution in [0.2, 0.25) is 0 Å². The molecule has 1 heterocycles. The van der Waals surface area contributed by atoms with Gasteiger partial charge < -0.3 is 10.6 Å². The first kappa shape index (κ1) is 10.1. The van der Waals surface area contributed by atoms with Crippen LogP contribution in [0.4, 0.5) is 0 Å². The van der Waals surface area contributed by atoms with E-state index >= 15 is 0 Å². The molecule has 3 rings (SSSR count). The van der Waals surface area contributed by atoms with E-state index in [4.69, 9.17) is 5.73 Å². The van der Waals surface area contributed by atoms with Crippen molar-refractivity contribution in [2.45, 2.75) is 44.6 Å². The molecule has 2 aliphatic carbocycles. The number of hydrogen-bond donors (Lipinski definition) is 1. The molecule has 2 nitrogen and oxygen atoms in total. The summed E-state index contributed by atoms with van der Waals surface area (Å²) in [7, 11) is 0. The molecule has 3 atom stereocenters. The maximum absolute atomic E-state index is 6.15. The number of rotatable bonds is 4. The van der Waals surface area contributed by atoms with Gasteiger partial charge in [0.25, 0.3) is 0 Å². The van der Waals surface area contributed by atoms with Crippen LogP contribution in [-0.4, -0.2) is 30.6 Å². The normalized spacial score (nSPS) is 38.2. The molecule has 0 aromatic heterocycles. The minimum Gasteiger partial charge on any atom is -0.327 e. The van der Waals surface area contributed by atoms with Crippen LogP contribution in [0.1, 0.15) is 38.5 Å². The highest BCUT2D eigenvalue weighted by Gasteiger charge is 2.36. The second-order valence-corrected chi connectivity index (χ2v) is 6.00. The number of fused-ring (bicyclic) bond motifs is 1. The lowest BCUT2D eigenvalue weighted by Gasteiger charge is -2.19. The van der Waals surface area contributed by atoms with E-state index in [1.807, 2.05) is 0 Å². The summed E-state index contributed by atoms with van der Waals surface area (Å²) in [4.78, 5) is 2.68. The third-order valence-corrected chi connectivity index (χ3v) is 4.81. The van der Waals surface area contributed by atoms with E-state index in [-0.39, 0.29) is 0 Å². The molecule has 15 heavy (non-hydrogen) atoms. The van der Waals surface area contributed by atoms with Crippen molar-refractivity contribution in [1.29, 1.82) is 0 Å². The Morgan fingerprint density at radius 2 is 1.73 bits per heavy atom. The molecule has 1 saturated heterocycles. The lowest BCUT2D eigenvalue weighted by atomic mass is 10.0. The fourth-order valence-electron chi connectivity index (χ4n) is 3.61.